The maximum absolute atomic E-state index is 12.7. The van der Waals surface area contributed by atoms with E-state index in [-0.39, 0.29) is 30.9 Å². The third kappa shape index (κ3) is 3.62. The quantitative estimate of drug-likeness (QED) is 0.440. The smallest absolute Gasteiger partial charge is 0.326 e. The Morgan fingerprint density at radius 2 is 1.69 bits per heavy atom. The van der Waals surface area contributed by atoms with E-state index in [2.05, 4.69) is 6.08 Å². The number of fused-ring (bicyclic) bond motifs is 4. The zero-order chi connectivity index (χ0) is 22.1. The fourth-order valence-electron chi connectivity index (χ4n) is 4.10. The molecule has 0 N–H and O–H groups in total. The second kappa shape index (κ2) is 8.26. The molecule has 3 aromatic rings. The molecule has 1 aliphatic heterocycles. The van der Waals surface area contributed by atoms with Crippen molar-refractivity contribution in [3.63, 3.8) is 0 Å². The van der Waals surface area contributed by atoms with Gasteiger partial charge >= 0.3 is 5.97 Å². The minimum absolute atomic E-state index is 0.0147. The SMILES string of the molecule is COc1ccc(C(=O)COC(=O)CN2c3nc4ccccc4nc3C3C=CC=CC32)cc1. The second-order valence-electron chi connectivity index (χ2n) is 7.65. The molecule has 2 heterocycles. The van der Waals surface area contributed by atoms with Crippen LogP contribution in [0.1, 0.15) is 22.0 Å². The molecule has 0 saturated carbocycles. The van der Waals surface area contributed by atoms with Gasteiger partial charge in [-0.1, -0.05) is 36.4 Å². The maximum Gasteiger partial charge on any atom is 0.326 e. The van der Waals surface area contributed by atoms with E-state index in [0.29, 0.717) is 17.1 Å². The summed E-state index contributed by atoms with van der Waals surface area (Å²) in [4.78, 5) is 36.5. The molecule has 2 unspecified atom stereocenters. The Morgan fingerprint density at radius 1 is 0.969 bits per heavy atom. The Morgan fingerprint density at radius 3 is 2.44 bits per heavy atom. The average molecular weight is 427 g/mol. The van der Waals surface area contributed by atoms with E-state index in [9.17, 15) is 9.59 Å². The summed E-state index contributed by atoms with van der Waals surface area (Å²) in [5.41, 5.74) is 2.90. The molecule has 5 rings (SSSR count). The fraction of sp³-hybridized carbons (Fsp3) is 0.200. The van der Waals surface area contributed by atoms with Crippen LogP contribution in [-0.2, 0) is 9.53 Å². The minimum Gasteiger partial charge on any atom is -0.497 e. The lowest BCUT2D eigenvalue weighted by atomic mass is 9.95. The number of nitrogens with zero attached hydrogens (tertiary/aromatic N) is 3. The first-order valence-electron chi connectivity index (χ1n) is 10.4. The highest BCUT2D eigenvalue weighted by molar-refractivity contribution is 5.98. The van der Waals surface area contributed by atoms with E-state index in [0.717, 1.165) is 16.7 Å². The van der Waals surface area contributed by atoms with Crippen LogP contribution in [0.3, 0.4) is 0 Å². The van der Waals surface area contributed by atoms with Gasteiger partial charge in [0.15, 0.2) is 18.2 Å². The number of anilines is 1. The molecular weight excluding hydrogens is 406 g/mol. The number of hydrogen-bond acceptors (Lipinski definition) is 7. The van der Waals surface area contributed by atoms with Crippen molar-refractivity contribution in [2.45, 2.75) is 12.0 Å². The van der Waals surface area contributed by atoms with E-state index < -0.39 is 5.97 Å². The van der Waals surface area contributed by atoms with Gasteiger partial charge in [-0.25, -0.2) is 9.97 Å². The molecule has 7 heteroatoms. The molecule has 0 radical (unpaired) electrons. The van der Waals surface area contributed by atoms with Crippen molar-refractivity contribution in [3.8, 4) is 5.75 Å². The first kappa shape index (κ1) is 19.9. The Hall–Kier alpha value is -4.00. The Bertz CT molecular complexity index is 1250. The standard InChI is InChI=1S/C25H21N3O4/c1-31-17-12-10-16(11-13-17)22(29)15-32-23(30)14-28-21-9-5-2-6-18(21)24-25(28)27-20-8-4-3-7-19(20)26-24/h2-13,18,21H,14-15H2,1H3. The van der Waals surface area contributed by atoms with E-state index in [1.807, 2.05) is 47.4 Å². The zero-order valence-electron chi connectivity index (χ0n) is 17.5. The number of rotatable bonds is 6. The van der Waals surface area contributed by atoms with Crippen LogP contribution in [0.4, 0.5) is 5.82 Å². The van der Waals surface area contributed by atoms with Crippen LogP contribution >= 0.6 is 0 Å². The summed E-state index contributed by atoms with van der Waals surface area (Å²) >= 11 is 0. The summed E-state index contributed by atoms with van der Waals surface area (Å²) in [7, 11) is 1.56. The van der Waals surface area contributed by atoms with Gasteiger partial charge in [-0.2, -0.15) is 0 Å². The third-order valence-corrected chi connectivity index (χ3v) is 5.71. The Balaban J connectivity index is 1.32. The predicted octanol–water partition coefficient (Wildman–Crippen LogP) is 3.46. The number of ketones is 1. The molecule has 2 atom stereocenters. The lowest BCUT2D eigenvalue weighted by Gasteiger charge is -2.26. The van der Waals surface area contributed by atoms with Gasteiger partial charge in [0, 0.05) is 11.5 Å². The number of para-hydroxylation sites is 2. The number of hydrogen-bond donors (Lipinski definition) is 0. The number of esters is 1. The van der Waals surface area contributed by atoms with Gasteiger partial charge in [-0.3, -0.25) is 9.59 Å². The van der Waals surface area contributed by atoms with Gasteiger partial charge in [0.2, 0.25) is 0 Å². The number of benzene rings is 2. The van der Waals surface area contributed by atoms with E-state index >= 15 is 0 Å². The fourth-order valence-corrected chi connectivity index (χ4v) is 4.10. The van der Waals surface area contributed by atoms with Crippen molar-refractivity contribution < 1.29 is 19.1 Å². The summed E-state index contributed by atoms with van der Waals surface area (Å²) < 4.78 is 10.4. The molecule has 0 amide bonds. The zero-order valence-corrected chi connectivity index (χ0v) is 17.5. The van der Waals surface area contributed by atoms with Crippen molar-refractivity contribution >= 4 is 28.6 Å². The van der Waals surface area contributed by atoms with Crippen LogP contribution in [0.2, 0.25) is 0 Å². The molecule has 0 spiro atoms. The number of aromatic nitrogens is 2. The van der Waals surface area contributed by atoms with E-state index in [4.69, 9.17) is 19.4 Å². The maximum atomic E-state index is 12.7. The van der Waals surface area contributed by atoms with Crippen molar-refractivity contribution in [2.24, 2.45) is 0 Å². The number of allylic oxidation sites excluding steroid dienone is 2. The molecule has 160 valence electrons. The topological polar surface area (TPSA) is 81.6 Å². The summed E-state index contributed by atoms with van der Waals surface area (Å²) in [6, 6.07) is 14.3. The highest BCUT2D eigenvalue weighted by Crippen LogP contribution is 2.42. The molecule has 2 aliphatic rings. The van der Waals surface area contributed by atoms with Crippen molar-refractivity contribution in [1.29, 1.82) is 0 Å². The molecular formula is C25H21N3O4. The third-order valence-electron chi connectivity index (χ3n) is 5.71. The number of carbonyl (C=O) groups excluding carboxylic acids is 2. The van der Waals surface area contributed by atoms with Gasteiger partial charge in [-0.15, -0.1) is 0 Å². The van der Waals surface area contributed by atoms with E-state index in [1.54, 1.807) is 31.4 Å². The highest BCUT2D eigenvalue weighted by Gasteiger charge is 2.40. The summed E-state index contributed by atoms with van der Waals surface area (Å²) in [6.07, 6.45) is 8.05. The first-order chi connectivity index (χ1) is 15.6. The number of methoxy groups -OCH3 is 1. The second-order valence-corrected chi connectivity index (χ2v) is 7.65. The van der Waals surface area contributed by atoms with Gasteiger partial charge in [0.1, 0.15) is 12.3 Å². The molecule has 2 aromatic carbocycles. The van der Waals surface area contributed by atoms with Gasteiger partial charge in [0.25, 0.3) is 0 Å². The van der Waals surface area contributed by atoms with Gasteiger partial charge < -0.3 is 14.4 Å². The number of ether oxygens (including phenoxy) is 2. The van der Waals surface area contributed by atoms with Crippen LogP contribution in [-0.4, -0.2) is 48.0 Å². The predicted molar refractivity (Wildman–Crippen MR) is 120 cm³/mol. The monoisotopic (exact) mass is 427 g/mol. The largest absolute Gasteiger partial charge is 0.497 e. The van der Waals surface area contributed by atoms with Gasteiger partial charge in [-0.05, 0) is 36.4 Å². The number of Topliss-reactive ketones (excluding diaryl/α,β-unsaturated/α-hetero) is 1. The van der Waals surface area contributed by atoms with Crippen molar-refractivity contribution in [3.05, 3.63) is 84.1 Å². The van der Waals surface area contributed by atoms with Crippen LogP contribution in [0.25, 0.3) is 11.0 Å². The minimum atomic E-state index is -0.489. The first-order valence-corrected chi connectivity index (χ1v) is 10.4. The Kier molecular flexibility index (Phi) is 5.15. The van der Waals surface area contributed by atoms with Crippen LogP contribution in [0.15, 0.2) is 72.8 Å². The molecule has 0 fully saturated rings. The molecule has 32 heavy (non-hydrogen) atoms. The molecule has 7 nitrogen and oxygen atoms in total. The van der Waals surface area contributed by atoms with Crippen LogP contribution in [0.5, 0.6) is 5.75 Å². The molecule has 0 saturated heterocycles. The van der Waals surface area contributed by atoms with Crippen LogP contribution < -0.4 is 9.64 Å². The lowest BCUT2D eigenvalue weighted by Crippen LogP contribution is -2.38. The van der Waals surface area contributed by atoms with E-state index in [1.165, 1.54) is 0 Å². The van der Waals surface area contributed by atoms with Crippen molar-refractivity contribution in [2.75, 3.05) is 25.2 Å². The lowest BCUT2D eigenvalue weighted by molar-refractivity contribution is -0.140. The molecule has 1 aliphatic carbocycles. The summed E-state index contributed by atoms with van der Waals surface area (Å²) in [5, 5.41) is 0. The summed E-state index contributed by atoms with van der Waals surface area (Å²) in [6.45, 7) is -0.339. The summed E-state index contributed by atoms with van der Waals surface area (Å²) in [5.74, 6) is 0.585. The van der Waals surface area contributed by atoms with Crippen molar-refractivity contribution in [1.82, 2.24) is 9.97 Å². The molecule has 0 bridgehead atoms. The normalized spacial score (nSPS) is 18.3. The van der Waals surface area contributed by atoms with Gasteiger partial charge in [0.05, 0.1) is 29.9 Å². The highest BCUT2D eigenvalue weighted by atomic mass is 16.5. The van der Waals surface area contributed by atoms with Crippen LogP contribution in [0, 0.1) is 0 Å². The molecule has 1 aromatic heterocycles. The number of carbonyl (C=O) groups is 2. The average Bonchev–Trinajstić information content (AvgIpc) is 3.13. The Labute approximate surface area is 185 Å².